The maximum atomic E-state index is 13.9. The van der Waals surface area contributed by atoms with Crippen molar-refractivity contribution in [2.45, 2.75) is 76.9 Å². The maximum Gasteiger partial charge on any atom is 0.545 e. The molecule has 6 atom stereocenters. The predicted molar refractivity (Wildman–Crippen MR) is 189 cm³/mol. The molecule has 2 aliphatic heterocycles. The minimum atomic E-state index is -4.61. The van der Waals surface area contributed by atoms with Gasteiger partial charge in [-0.25, -0.2) is 9.80 Å². The second kappa shape index (κ2) is 17.6. The van der Waals surface area contributed by atoms with Crippen LogP contribution in [-0.4, -0.2) is 95.7 Å². The Balaban J connectivity index is 1.41. The average Bonchev–Trinajstić information content (AvgIpc) is 3.75. The number of hydrazine groups is 1. The molecule has 2 aromatic carbocycles. The number of aliphatic hydroxyl groups is 2. The van der Waals surface area contributed by atoms with Gasteiger partial charge in [-0.1, -0.05) is 69.3 Å². The number of amides is 2. The summed E-state index contributed by atoms with van der Waals surface area (Å²) in [4.78, 5) is 33.9. The van der Waals surface area contributed by atoms with Gasteiger partial charge in [0.05, 0.1) is 44.0 Å². The van der Waals surface area contributed by atoms with Crippen molar-refractivity contribution in [2.24, 2.45) is 11.3 Å². The Bertz CT molecular complexity index is 1740. The number of rotatable bonds is 13. The Labute approximate surface area is 311 Å². The zero-order chi connectivity index (χ0) is 39.0. The van der Waals surface area contributed by atoms with Crippen molar-refractivity contribution in [3.05, 3.63) is 89.7 Å². The van der Waals surface area contributed by atoms with Gasteiger partial charge in [0, 0.05) is 30.9 Å². The van der Waals surface area contributed by atoms with Crippen LogP contribution in [0.1, 0.15) is 43.9 Å². The first-order chi connectivity index (χ1) is 25.6. The molecule has 5 rings (SSSR count). The van der Waals surface area contributed by atoms with Crippen molar-refractivity contribution >= 4 is 18.1 Å². The number of nitrogens with one attached hydrogen (secondary N) is 3. The molecule has 5 N–H and O–H groups in total. The SMILES string of the molecule is COC(O)=[NH+]C(C(=O)NC(Cc1ccc(-c2cccnc2)cc1)C(O)CN(Cc1cccc(C(F)(F)F)c1)NC(=O)OC1COC2OCCC12)C(C)(C)C. The highest BCUT2D eigenvalue weighted by Crippen LogP contribution is 2.33. The number of ether oxygens (including phenoxy) is 4. The first kappa shape index (κ1) is 40.4. The highest BCUT2D eigenvalue weighted by molar-refractivity contribution is 5.82. The average molecular weight is 759 g/mol. The molecule has 3 heterocycles. The molecule has 0 bridgehead atoms. The summed E-state index contributed by atoms with van der Waals surface area (Å²) in [6.07, 6.45) is -4.44. The number of aromatic nitrogens is 1. The zero-order valence-corrected chi connectivity index (χ0v) is 30.5. The number of benzene rings is 2. The van der Waals surface area contributed by atoms with Crippen LogP contribution < -0.4 is 15.7 Å². The summed E-state index contributed by atoms with van der Waals surface area (Å²) >= 11 is 0. The van der Waals surface area contributed by atoms with E-state index in [1.54, 1.807) is 33.2 Å². The Kier molecular flexibility index (Phi) is 13.2. The minimum absolute atomic E-state index is 0.112. The van der Waals surface area contributed by atoms with Gasteiger partial charge in [0.2, 0.25) is 6.04 Å². The van der Waals surface area contributed by atoms with Crippen LogP contribution in [0.15, 0.2) is 73.1 Å². The summed E-state index contributed by atoms with van der Waals surface area (Å²) < 4.78 is 62.5. The van der Waals surface area contributed by atoms with E-state index < -0.39 is 65.8 Å². The lowest BCUT2D eigenvalue weighted by molar-refractivity contribution is -0.523. The molecule has 54 heavy (non-hydrogen) atoms. The van der Waals surface area contributed by atoms with Crippen molar-refractivity contribution in [2.75, 3.05) is 26.9 Å². The van der Waals surface area contributed by atoms with Gasteiger partial charge in [-0.15, -0.1) is 0 Å². The lowest BCUT2D eigenvalue weighted by atomic mass is 9.86. The van der Waals surface area contributed by atoms with Crippen LogP contribution in [0.3, 0.4) is 0 Å². The molecule has 0 saturated carbocycles. The van der Waals surface area contributed by atoms with Gasteiger partial charge in [-0.2, -0.15) is 18.2 Å². The van der Waals surface area contributed by atoms with Crippen LogP contribution >= 0.6 is 0 Å². The fraction of sp³-hybridized carbons (Fsp3) is 0.474. The normalized spacial score (nSPS) is 20.5. The van der Waals surface area contributed by atoms with Crippen LogP contribution in [0.2, 0.25) is 0 Å². The Morgan fingerprint density at radius 3 is 2.48 bits per heavy atom. The third kappa shape index (κ3) is 10.9. The quantitative estimate of drug-likeness (QED) is 0.0994. The Hall–Kier alpha value is -4.77. The summed E-state index contributed by atoms with van der Waals surface area (Å²) in [5, 5.41) is 26.1. The van der Waals surface area contributed by atoms with E-state index in [4.69, 9.17) is 18.9 Å². The Morgan fingerprint density at radius 1 is 1.06 bits per heavy atom. The number of aliphatic hydroxyl groups excluding tert-OH is 2. The molecule has 0 radical (unpaired) electrons. The van der Waals surface area contributed by atoms with Crippen LogP contribution in [0.25, 0.3) is 11.1 Å². The van der Waals surface area contributed by atoms with E-state index in [0.29, 0.717) is 13.0 Å². The number of nitrogens with zero attached hydrogens (tertiary/aromatic N) is 2. The van der Waals surface area contributed by atoms with Crippen molar-refractivity contribution in [1.29, 1.82) is 0 Å². The van der Waals surface area contributed by atoms with Gasteiger partial charge in [0.15, 0.2) is 6.29 Å². The largest absolute Gasteiger partial charge is 0.545 e. The third-order valence-electron chi connectivity index (χ3n) is 9.31. The standard InChI is InChI=1S/C38H46F3N5O8/c1-37(2,3)32(44-35(49)51-4)33(48)43-29(18-23-10-12-25(13-11-23)26-8-6-15-42-19-26)30(47)21-46(20-24-7-5-9-27(17-24)38(39,40)41)45-36(50)54-31-22-53-34-28(31)14-16-52-34/h5-13,15,17,19,28-32,34,47H,14,16,18,20-22H2,1-4H3,(H,43,48)(H,44,49)(H,45,50)/p+1. The first-order valence-corrected chi connectivity index (χ1v) is 17.6. The van der Waals surface area contributed by atoms with E-state index in [1.807, 2.05) is 36.4 Å². The first-order valence-electron chi connectivity index (χ1n) is 17.6. The molecule has 292 valence electrons. The molecule has 2 amide bonds. The molecule has 3 aromatic rings. The van der Waals surface area contributed by atoms with E-state index in [2.05, 4.69) is 20.7 Å². The number of fused-ring (bicyclic) bond motifs is 1. The molecule has 13 nitrogen and oxygen atoms in total. The van der Waals surface area contributed by atoms with Crippen LogP contribution in [0, 0.1) is 11.3 Å². The smallest absolute Gasteiger partial charge is 0.442 e. The lowest BCUT2D eigenvalue weighted by Crippen LogP contribution is -2.87. The maximum absolute atomic E-state index is 13.9. The summed E-state index contributed by atoms with van der Waals surface area (Å²) in [6, 6.07) is 13.8. The molecule has 0 spiro atoms. The van der Waals surface area contributed by atoms with Crippen molar-refractivity contribution in [1.82, 2.24) is 20.7 Å². The van der Waals surface area contributed by atoms with Crippen LogP contribution in [-0.2, 0) is 42.9 Å². The summed E-state index contributed by atoms with van der Waals surface area (Å²) in [7, 11) is 1.23. The number of carbonyl (C=O) groups excluding carboxylic acids is 2. The predicted octanol–water partition coefficient (Wildman–Crippen LogP) is 3.12. The fourth-order valence-electron chi connectivity index (χ4n) is 6.44. The second-order valence-corrected chi connectivity index (χ2v) is 14.4. The number of halogens is 3. The van der Waals surface area contributed by atoms with E-state index >= 15 is 0 Å². The van der Waals surface area contributed by atoms with Gasteiger partial charge in [-0.05, 0) is 47.2 Å². The zero-order valence-electron chi connectivity index (χ0n) is 30.5. The minimum Gasteiger partial charge on any atom is -0.442 e. The van der Waals surface area contributed by atoms with E-state index in [0.717, 1.165) is 28.8 Å². The van der Waals surface area contributed by atoms with Gasteiger partial charge >= 0.3 is 18.4 Å². The third-order valence-corrected chi connectivity index (χ3v) is 9.31. The van der Waals surface area contributed by atoms with Gasteiger partial charge in [0.25, 0.3) is 5.91 Å². The fourth-order valence-corrected chi connectivity index (χ4v) is 6.44. The second-order valence-electron chi connectivity index (χ2n) is 14.4. The number of alkyl halides is 3. The number of hydrogen-bond donors (Lipinski definition) is 5. The Morgan fingerprint density at radius 2 is 1.81 bits per heavy atom. The topological polar surface area (TPSA) is 166 Å². The number of carbonyl (C=O) groups is 2. The van der Waals surface area contributed by atoms with Crippen molar-refractivity contribution in [3.63, 3.8) is 0 Å². The lowest BCUT2D eigenvalue weighted by Gasteiger charge is -2.32. The summed E-state index contributed by atoms with van der Waals surface area (Å²) in [5.74, 6) is -0.741. The highest BCUT2D eigenvalue weighted by atomic mass is 19.4. The number of pyridine rings is 1. The van der Waals surface area contributed by atoms with Crippen molar-refractivity contribution in [3.8, 4) is 11.1 Å². The molecule has 6 unspecified atom stereocenters. The number of methoxy groups -OCH3 is 1. The summed E-state index contributed by atoms with van der Waals surface area (Å²) in [6.45, 7) is 5.30. The van der Waals surface area contributed by atoms with Crippen LogP contribution in [0.4, 0.5) is 18.0 Å². The van der Waals surface area contributed by atoms with Gasteiger partial charge in [-0.3, -0.25) is 15.2 Å². The molecule has 2 fully saturated rings. The van der Waals surface area contributed by atoms with Crippen molar-refractivity contribution < 1.29 is 56.9 Å². The van der Waals surface area contributed by atoms with E-state index in [9.17, 15) is 33.0 Å². The monoisotopic (exact) mass is 758 g/mol. The highest BCUT2D eigenvalue weighted by Gasteiger charge is 2.44. The van der Waals surface area contributed by atoms with E-state index in [-0.39, 0.29) is 37.6 Å². The van der Waals surface area contributed by atoms with Crippen LogP contribution in [0.5, 0.6) is 0 Å². The molecular weight excluding hydrogens is 711 g/mol. The molecule has 2 saturated heterocycles. The molecular formula is C38H47F3N5O8+. The molecule has 2 aliphatic rings. The molecule has 16 heteroatoms. The van der Waals surface area contributed by atoms with Gasteiger partial charge < -0.3 is 34.5 Å². The molecule has 1 aromatic heterocycles. The number of hydrogen-bond acceptors (Lipinski definition) is 9. The van der Waals surface area contributed by atoms with Gasteiger partial charge in [0.1, 0.15) is 6.10 Å². The molecule has 0 aliphatic carbocycles. The summed E-state index contributed by atoms with van der Waals surface area (Å²) in [5.41, 5.74) is 3.69. The van der Waals surface area contributed by atoms with E-state index in [1.165, 1.54) is 24.3 Å².